The van der Waals surface area contributed by atoms with Crippen molar-refractivity contribution in [2.45, 2.75) is 6.92 Å². The summed E-state index contributed by atoms with van der Waals surface area (Å²) in [7, 11) is 0. The summed E-state index contributed by atoms with van der Waals surface area (Å²) in [4.78, 5) is 11.2. The van der Waals surface area contributed by atoms with E-state index in [9.17, 15) is 4.79 Å². The molecule has 0 radical (unpaired) electrons. The summed E-state index contributed by atoms with van der Waals surface area (Å²) < 4.78 is 0.918. The van der Waals surface area contributed by atoms with Gasteiger partial charge in [-0.1, -0.05) is 6.07 Å². The van der Waals surface area contributed by atoms with E-state index >= 15 is 0 Å². The smallest absolute Gasteiger partial charge is 0.248 e. The Labute approximate surface area is 119 Å². The van der Waals surface area contributed by atoms with Crippen molar-refractivity contribution >= 4 is 38.9 Å². The van der Waals surface area contributed by atoms with Crippen LogP contribution in [0.15, 0.2) is 40.9 Å². The van der Waals surface area contributed by atoms with Crippen molar-refractivity contribution in [3.63, 3.8) is 0 Å². The number of carbonyl (C=O) groups excluding carboxylic acids is 1. The number of nitrogens with two attached hydrogens (primary N) is 2. The molecule has 98 valence electrons. The Kier molecular flexibility index (Phi) is 3.76. The molecule has 0 bridgehead atoms. The number of hydrogen-bond donors (Lipinski definition) is 3. The lowest BCUT2D eigenvalue weighted by Crippen LogP contribution is -2.11. The molecule has 19 heavy (non-hydrogen) atoms. The molecule has 0 unspecified atom stereocenters. The Balaban J connectivity index is 2.40. The third kappa shape index (κ3) is 3.06. The molecule has 2 aromatic carbocycles. The molecule has 2 aromatic rings. The van der Waals surface area contributed by atoms with Crippen LogP contribution in [0.4, 0.5) is 17.1 Å². The Morgan fingerprint density at radius 3 is 2.58 bits per heavy atom. The maximum Gasteiger partial charge on any atom is 0.248 e. The molecule has 0 aliphatic carbocycles. The molecule has 0 aromatic heterocycles. The van der Waals surface area contributed by atoms with Crippen molar-refractivity contribution < 1.29 is 4.79 Å². The number of anilines is 3. The fraction of sp³-hybridized carbons (Fsp3) is 0.0714. The van der Waals surface area contributed by atoms with Gasteiger partial charge in [-0.05, 0) is 58.7 Å². The molecular weight excluding hydrogens is 306 g/mol. The minimum atomic E-state index is -0.480. The largest absolute Gasteiger partial charge is 0.397 e. The lowest BCUT2D eigenvalue weighted by atomic mass is 10.1. The fourth-order valence-electron chi connectivity index (χ4n) is 1.70. The summed E-state index contributed by atoms with van der Waals surface area (Å²) in [5.41, 5.74) is 14.8. The molecular formula is C14H14BrN3O. The first-order valence-corrected chi connectivity index (χ1v) is 6.49. The topological polar surface area (TPSA) is 81.1 Å². The number of primary amides is 1. The number of aryl methyl sites for hydroxylation is 1. The van der Waals surface area contributed by atoms with Gasteiger partial charge in [0.05, 0.1) is 17.1 Å². The van der Waals surface area contributed by atoms with Crippen LogP contribution < -0.4 is 16.8 Å². The van der Waals surface area contributed by atoms with Gasteiger partial charge in [0.25, 0.3) is 0 Å². The van der Waals surface area contributed by atoms with Gasteiger partial charge in [0.1, 0.15) is 0 Å². The van der Waals surface area contributed by atoms with Gasteiger partial charge >= 0.3 is 0 Å². The molecule has 0 saturated heterocycles. The van der Waals surface area contributed by atoms with E-state index in [4.69, 9.17) is 11.5 Å². The van der Waals surface area contributed by atoms with E-state index in [1.807, 2.05) is 25.1 Å². The number of benzene rings is 2. The average Bonchev–Trinajstić information content (AvgIpc) is 2.36. The van der Waals surface area contributed by atoms with Gasteiger partial charge in [-0.15, -0.1) is 0 Å². The summed E-state index contributed by atoms with van der Waals surface area (Å²) in [6.45, 7) is 2.00. The van der Waals surface area contributed by atoms with Gasteiger partial charge in [-0.2, -0.15) is 0 Å². The normalized spacial score (nSPS) is 10.2. The highest BCUT2D eigenvalue weighted by Crippen LogP contribution is 2.30. The van der Waals surface area contributed by atoms with Gasteiger partial charge in [-0.25, -0.2) is 0 Å². The molecule has 0 spiro atoms. The number of carbonyl (C=O) groups is 1. The number of hydrogen-bond acceptors (Lipinski definition) is 3. The summed E-state index contributed by atoms with van der Waals surface area (Å²) in [5, 5.41) is 3.20. The first-order valence-electron chi connectivity index (χ1n) is 5.70. The Morgan fingerprint density at radius 2 is 1.89 bits per heavy atom. The van der Waals surface area contributed by atoms with Crippen LogP contribution >= 0.6 is 15.9 Å². The number of nitrogen functional groups attached to an aromatic ring is 1. The molecule has 0 aliphatic heterocycles. The second-order valence-electron chi connectivity index (χ2n) is 4.27. The molecule has 0 heterocycles. The van der Waals surface area contributed by atoms with Crippen LogP contribution in [-0.2, 0) is 0 Å². The highest BCUT2D eigenvalue weighted by Gasteiger charge is 2.07. The minimum absolute atomic E-state index is 0.417. The van der Waals surface area contributed by atoms with Crippen molar-refractivity contribution in [2.24, 2.45) is 5.73 Å². The van der Waals surface area contributed by atoms with Gasteiger partial charge in [0.15, 0.2) is 0 Å². The zero-order valence-electron chi connectivity index (χ0n) is 10.4. The maximum absolute atomic E-state index is 11.2. The Morgan fingerprint density at radius 1 is 1.16 bits per heavy atom. The van der Waals surface area contributed by atoms with E-state index in [0.29, 0.717) is 16.9 Å². The summed E-state index contributed by atoms with van der Waals surface area (Å²) in [6.07, 6.45) is 0. The highest BCUT2D eigenvalue weighted by atomic mass is 79.9. The third-order valence-corrected chi connectivity index (χ3v) is 3.42. The molecule has 2 rings (SSSR count). The Hall–Kier alpha value is -2.01. The summed E-state index contributed by atoms with van der Waals surface area (Å²) >= 11 is 3.46. The van der Waals surface area contributed by atoms with Crippen LogP contribution in [-0.4, -0.2) is 5.91 Å². The number of nitrogens with one attached hydrogen (secondary N) is 1. The number of rotatable bonds is 3. The molecule has 0 aliphatic rings. The zero-order chi connectivity index (χ0) is 14.0. The molecule has 4 nitrogen and oxygen atoms in total. The van der Waals surface area contributed by atoms with E-state index < -0.39 is 5.91 Å². The van der Waals surface area contributed by atoms with Crippen LogP contribution in [0.5, 0.6) is 0 Å². The first kappa shape index (κ1) is 13.4. The van der Waals surface area contributed by atoms with Crippen LogP contribution in [0.2, 0.25) is 0 Å². The molecule has 0 atom stereocenters. The van der Waals surface area contributed by atoms with Crippen molar-refractivity contribution in [3.8, 4) is 0 Å². The number of halogens is 1. The van der Waals surface area contributed by atoms with Crippen LogP contribution in [0.1, 0.15) is 15.9 Å². The van der Waals surface area contributed by atoms with Crippen LogP contribution in [0.25, 0.3) is 0 Å². The lowest BCUT2D eigenvalue weighted by molar-refractivity contribution is 0.100. The predicted molar refractivity (Wildman–Crippen MR) is 81.5 cm³/mol. The standard InChI is InChI=1S/C14H14BrN3O/c1-8-2-4-10(15)12(6-8)18-13-7-9(14(17)19)3-5-11(13)16/h2-7,18H,16H2,1H3,(H2,17,19). The second kappa shape index (κ2) is 5.32. The first-order chi connectivity index (χ1) is 8.97. The van der Waals surface area contributed by atoms with Crippen molar-refractivity contribution in [1.82, 2.24) is 0 Å². The molecule has 0 fully saturated rings. The fourth-order valence-corrected chi connectivity index (χ4v) is 2.04. The van der Waals surface area contributed by atoms with Gasteiger partial charge < -0.3 is 16.8 Å². The quantitative estimate of drug-likeness (QED) is 0.760. The average molecular weight is 320 g/mol. The van der Waals surface area contributed by atoms with Crippen molar-refractivity contribution in [3.05, 3.63) is 52.0 Å². The van der Waals surface area contributed by atoms with E-state index in [1.165, 1.54) is 0 Å². The molecule has 1 amide bonds. The van der Waals surface area contributed by atoms with Gasteiger partial charge in [0.2, 0.25) is 5.91 Å². The van der Waals surface area contributed by atoms with Crippen molar-refractivity contribution in [2.75, 3.05) is 11.1 Å². The summed E-state index contributed by atoms with van der Waals surface area (Å²) in [6, 6.07) is 10.8. The zero-order valence-corrected chi connectivity index (χ0v) is 12.0. The molecule has 5 N–H and O–H groups in total. The Bertz CT molecular complexity index is 641. The predicted octanol–water partition coefficient (Wildman–Crippen LogP) is 3.18. The van der Waals surface area contributed by atoms with E-state index in [2.05, 4.69) is 21.2 Å². The monoisotopic (exact) mass is 319 g/mol. The molecule has 5 heteroatoms. The SMILES string of the molecule is Cc1ccc(Br)c(Nc2cc(C(N)=O)ccc2N)c1. The number of amides is 1. The van der Waals surface area contributed by atoms with E-state index in [-0.39, 0.29) is 0 Å². The van der Waals surface area contributed by atoms with Gasteiger partial charge in [-0.3, -0.25) is 4.79 Å². The minimum Gasteiger partial charge on any atom is -0.397 e. The van der Waals surface area contributed by atoms with E-state index in [1.54, 1.807) is 18.2 Å². The lowest BCUT2D eigenvalue weighted by Gasteiger charge is -2.12. The van der Waals surface area contributed by atoms with Crippen molar-refractivity contribution in [1.29, 1.82) is 0 Å². The maximum atomic E-state index is 11.2. The summed E-state index contributed by atoms with van der Waals surface area (Å²) in [5.74, 6) is -0.480. The molecule has 0 saturated carbocycles. The van der Waals surface area contributed by atoms with Crippen LogP contribution in [0.3, 0.4) is 0 Å². The second-order valence-corrected chi connectivity index (χ2v) is 5.13. The van der Waals surface area contributed by atoms with E-state index in [0.717, 1.165) is 15.7 Å². The highest BCUT2D eigenvalue weighted by molar-refractivity contribution is 9.10. The van der Waals surface area contributed by atoms with Crippen LogP contribution in [0, 0.1) is 6.92 Å². The van der Waals surface area contributed by atoms with Gasteiger partial charge in [0, 0.05) is 10.0 Å². The third-order valence-electron chi connectivity index (χ3n) is 2.73.